The first kappa shape index (κ1) is 18.4. The van der Waals surface area contributed by atoms with E-state index in [1.165, 1.54) is 11.1 Å². The molecule has 1 fully saturated rings. The van der Waals surface area contributed by atoms with Gasteiger partial charge >= 0.3 is 0 Å². The first-order valence-electron chi connectivity index (χ1n) is 9.01. The number of piperidine rings is 1. The minimum absolute atomic E-state index is 0. The van der Waals surface area contributed by atoms with Crippen molar-refractivity contribution in [1.29, 1.82) is 0 Å². The normalized spacial score (nSPS) is 24.3. The van der Waals surface area contributed by atoms with Gasteiger partial charge in [-0.15, -0.1) is 17.5 Å². The third-order valence-electron chi connectivity index (χ3n) is 5.64. The van der Waals surface area contributed by atoms with E-state index >= 15 is 0 Å². The van der Waals surface area contributed by atoms with E-state index < -0.39 is 6.10 Å². The Kier molecular flexibility index (Phi) is 5.19. The average Bonchev–Trinajstić information content (AvgIpc) is 3.11. The zero-order valence-corrected chi connectivity index (χ0v) is 15.7. The van der Waals surface area contributed by atoms with Gasteiger partial charge in [-0.1, -0.05) is 43.3 Å². The van der Waals surface area contributed by atoms with E-state index in [1.807, 2.05) is 10.9 Å². The van der Waals surface area contributed by atoms with Crippen molar-refractivity contribution in [3.8, 4) is 0 Å². The summed E-state index contributed by atoms with van der Waals surface area (Å²) in [4.78, 5) is 0. The van der Waals surface area contributed by atoms with Gasteiger partial charge < -0.3 is 10.4 Å². The van der Waals surface area contributed by atoms with Gasteiger partial charge in [-0.3, -0.25) is 0 Å². The van der Waals surface area contributed by atoms with Crippen LogP contribution in [0.3, 0.4) is 0 Å². The van der Waals surface area contributed by atoms with Crippen LogP contribution in [0, 0.1) is 5.92 Å². The highest BCUT2D eigenvalue weighted by Gasteiger charge is 2.52. The number of benzene rings is 1. The van der Waals surface area contributed by atoms with Crippen molar-refractivity contribution in [2.45, 2.75) is 50.7 Å². The topological polar surface area (TPSA) is 63.0 Å². The molecule has 0 radical (unpaired) electrons. The fourth-order valence-electron chi connectivity index (χ4n) is 4.53. The van der Waals surface area contributed by atoms with Crippen molar-refractivity contribution < 1.29 is 5.11 Å². The Balaban J connectivity index is 0.00000182. The van der Waals surface area contributed by atoms with E-state index in [9.17, 15) is 5.11 Å². The molecule has 1 aliphatic heterocycles. The number of fused-ring (bicyclic) bond motifs is 2. The molecule has 5 nitrogen and oxygen atoms in total. The van der Waals surface area contributed by atoms with Gasteiger partial charge in [0.2, 0.25) is 0 Å². The number of rotatable bonds is 3. The van der Waals surface area contributed by atoms with Gasteiger partial charge in [-0.2, -0.15) is 0 Å². The predicted molar refractivity (Wildman–Crippen MR) is 100 cm³/mol. The van der Waals surface area contributed by atoms with E-state index in [0.717, 1.165) is 38.0 Å². The molecule has 2 aromatic rings. The van der Waals surface area contributed by atoms with Crippen LogP contribution in [0.1, 0.15) is 49.6 Å². The molecule has 0 bridgehead atoms. The SMILES string of the molecule is CC(C)Cc1cn([C@@H]2c3ccccc3C3(CCNCC3)[C@H]2O)nn1.Cl. The second-order valence-electron chi connectivity index (χ2n) is 7.67. The van der Waals surface area contributed by atoms with E-state index in [0.29, 0.717) is 5.92 Å². The van der Waals surface area contributed by atoms with Crippen molar-refractivity contribution in [2.75, 3.05) is 13.1 Å². The number of nitrogens with zero attached hydrogens (tertiary/aromatic N) is 3. The summed E-state index contributed by atoms with van der Waals surface area (Å²) in [6.45, 7) is 6.27. The van der Waals surface area contributed by atoms with Crippen molar-refractivity contribution in [3.05, 3.63) is 47.3 Å². The van der Waals surface area contributed by atoms with Crippen molar-refractivity contribution in [1.82, 2.24) is 20.3 Å². The summed E-state index contributed by atoms with van der Waals surface area (Å²) in [5.74, 6) is 0.548. The number of hydrogen-bond donors (Lipinski definition) is 2. The van der Waals surface area contributed by atoms with Gasteiger partial charge in [0.1, 0.15) is 6.04 Å². The van der Waals surface area contributed by atoms with Crippen LogP contribution in [0.5, 0.6) is 0 Å². The first-order chi connectivity index (χ1) is 11.6. The summed E-state index contributed by atoms with van der Waals surface area (Å²) in [7, 11) is 0. The lowest BCUT2D eigenvalue weighted by atomic mass is 9.72. The lowest BCUT2D eigenvalue weighted by molar-refractivity contribution is 0.0421. The number of halogens is 1. The van der Waals surface area contributed by atoms with Crippen LogP contribution in [-0.2, 0) is 11.8 Å². The van der Waals surface area contributed by atoms with E-state index in [1.54, 1.807) is 0 Å². The lowest BCUT2D eigenvalue weighted by Gasteiger charge is -2.38. The molecule has 2 heterocycles. The summed E-state index contributed by atoms with van der Waals surface area (Å²) in [6, 6.07) is 8.35. The highest BCUT2D eigenvalue weighted by molar-refractivity contribution is 5.85. The fraction of sp³-hybridized carbons (Fsp3) is 0.579. The van der Waals surface area contributed by atoms with Gasteiger partial charge in [0, 0.05) is 11.6 Å². The van der Waals surface area contributed by atoms with Crippen molar-refractivity contribution >= 4 is 12.4 Å². The monoisotopic (exact) mass is 362 g/mol. The smallest absolute Gasteiger partial charge is 0.106 e. The zero-order valence-electron chi connectivity index (χ0n) is 14.9. The maximum Gasteiger partial charge on any atom is 0.106 e. The molecule has 2 N–H and O–H groups in total. The Hall–Kier alpha value is -1.43. The Morgan fingerprint density at radius 2 is 2.00 bits per heavy atom. The Bertz CT molecular complexity index is 724. The molecule has 0 amide bonds. The van der Waals surface area contributed by atoms with E-state index in [2.05, 4.69) is 53.7 Å². The molecule has 1 spiro atoms. The summed E-state index contributed by atoms with van der Waals surface area (Å²) in [6.07, 6.45) is 4.42. The molecule has 0 unspecified atom stereocenters. The van der Waals surface area contributed by atoms with E-state index in [4.69, 9.17) is 0 Å². The third-order valence-corrected chi connectivity index (χ3v) is 5.64. The van der Waals surface area contributed by atoms with E-state index in [-0.39, 0.29) is 23.9 Å². The highest BCUT2D eigenvalue weighted by atomic mass is 35.5. The third kappa shape index (κ3) is 2.98. The van der Waals surface area contributed by atoms with Crippen LogP contribution in [0.4, 0.5) is 0 Å². The second kappa shape index (κ2) is 7.06. The number of aliphatic hydroxyl groups excluding tert-OH is 1. The average molecular weight is 363 g/mol. The maximum atomic E-state index is 11.3. The quantitative estimate of drug-likeness (QED) is 0.880. The molecule has 4 rings (SSSR count). The first-order valence-corrected chi connectivity index (χ1v) is 9.01. The zero-order chi connectivity index (χ0) is 16.7. The Morgan fingerprint density at radius 1 is 1.28 bits per heavy atom. The van der Waals surface area contributed by atoms with Crippen molar-refractivity contribution in [2.24, 2.45) is 5.92 Å². The minimum atomic E-state index is -0.453. The molecule has 136 valence electrons. The van der Waals surface area contributed by atoms with Crippen LogP contribution >= 0.6 is 12.4 Å². The maximum absolute atomic E-state index is 11.3. The fourth-order valence-corrected chi connectivity index (χ4v) is 4.53. The standard InChI is InChI=1S/C19H26N4O.ClH/c1-13(2)11-14-12-23(22-21-14)17-15-5-3-4-6-16(15)19(18(17)24)7-9-20-10-8-19;/h3-6,12-13,17-18,20,24H,7-11H2,1-2H3;1H/t17-,18+;/m1./s1. The molecular formula is C19H27ClN4O. The van der Waals surface area contributed by atoms with Crippen LogP contribution in [-0.4, -0.2) is 39.3 Å². The lowest BCUT2D eigenvalue weighted by Crippen LogP contribution is -2.47. The predicted octanol–water partition coefficient (Wildman–Crippen LogP) is 2.48. The summed E-state index contributed by atoms with van der Waals surface area (Å²) in [5, 5.41) is 23.4. The molecule has 1 aliphatic carbocycles. The van der Waals surface area contributed by atoms with Gasteiger partial charge in [-0.25, -0.2) is 4.68 Å². The molecule has 25 heavy (non-hydrogen) atoms. The van der Waals surface area contributed by atoms with Gasteiger partial charge in [0.15, 0.2) is 0 Å². The molecule has 1 aromatic carbocycles. The van der Waals surface area contributed by atoms with Gasteiger partial charge in [-0.05, 0) is 49.4 Å². The molecule has 2 atom stereocenters. The van der Waals surface area contributed by atoms with Gasteiger partial charge in [0.05, 0.1) is 11.8 Å². The van der Waals surface area contributed by atoms with Crippen LogP contribution in [0.2, 0.25) is 0 Å². The summed E-state index contributed by atoms with van der Waals surface area (Å²) in [5.41, 5.74) is 3.34. The number of aliphatic hydroxyl groups is 1. The molecule has 2 aliphatic rings. The van der Waals surface area contributed by atoms with Gasteiger partial charge in [0.25, 0.3) is 0 Å². The highest BCUT2D eigenvalue weighted by Crippen LogP contribution is 2.51. The molecular weight excluding hydrogens is 336 g/mol. The van der Waals surface area contributed by atoms with Crippen LogP contribution < -0.4 is 5.32 Å². The minimum Gasteiger partial charge on any atom is -0.390 e. The summed E-state index contributed by atoms with van der Waals surface area (Å²) >= 11 is 0. The van der Waals surface area contributed by atoms with Crippen molar-refractivity contribution in [3.63, 3.8) is 0 Å². The van der Waals surface area contributed by atoms with Crippen LogP contribution in [0.25, 0.3) is 0 Å². The molecule has 6 heteroatoms. The molecule has 1 saturated heterocycles. The number of nitrogens with one attached hydrogen (secondary N) is 1. The Labute approximate surface area is 155 Å². The molecule has 0 saturated carbocycles. The number of aromatic nitrogens is 3. The number of hydrogen-bond acceptors (Lipinski definition) is 4. The van der Waals surface area contributed by atoms with Crippen LogP contribution in [0.15, 0.2) is 30.5 Å². The largest absolute Gasteiger partial charge is 0.390 e. The molecule has 1 aromatic heterocycles. The Morgan fingerprint density at radius 3 is 2.72 bits per heavy atom. The second-order valence-corrected chi connectivity index (χ2v) is 7.67. The summed E-state index contributed by atoms with van der Waals surface area (Å²) < 4.78 is 1.89.